The Bertz CT molecular complexity index is 376. The van der Waals surface area contributed by atoms with Gasteiger partial charge in [-0.25, -0.2) is 0 Å². The maximum atomic E-state index is 11.0. The fourth-order valence-corrected chi connectivity index (χ4v) is 1.62. The highest BCUT2D eigenvalue weighted by Crippen LogP contribution is 2.21. The van der Waals surface area contributed by atoms with Crippen LogP contribution in [0.2, 0.25) is 0 Å². The number of amides is 1. The Morgan fingerprint density at radius 2 is 2.00 bits per heavy atom. The van der Waals surface area contributed by atoms with Crippen LogP contribution in [0.4, 0.5) is 0 Å². The molecule has 0 aliphatic heterocycles. The number of ether oxygens (including phenoxy) is 1. The molecule has 3 N–H and O–H groups in total. The Labute approximate surface area is 109 Å². The fraction of sp³-hybridized carbons (Fsp3) is 0.500. The molecule has 0 bridgehead atoms. The Morgan fingerprint density at radius 1 is 1.39 bits per heavy atom. The zero-order chi connectivity index (χ0) is 13.5. The number of nitrogens with two attached hydrogens (primary N) is 1. The minimum Gasteiger partial charge on any atom is -0.491 e. The molecule has 2 atom stereocenters. The molecule has 0 radical (unpaired) electrons. The van der Waals surface area contributed by atoms with Crippen molar-refractivity contribution in [2.45, 2.75) is 32.2 Å². The standard InChI is InChI=1S/C14H22N2O2/c1-4-10(2)11-5-7-12(8-6-11)18-9-13(16-3)14(15)17/h5-8,10,13,16H,4,9H2,1-3H3,(H2,15,17). The maximum absolute atomic E-state index is 11.0. The summed E-state index contributed by atoms with van der Waals surface area (Å²) < 4.78 is 5.53. The van der Waals surface area contributed by atoms with Crippen LogP contribution in [0.25, 0.3) is 0 Å². The molecule has 18 heavy (non-hydrogen) atoms. The zero-order valence-corrected chi connectivity index (χ0v) is 11.3. The van der Waals surface area contributed by atoms with Gasteiger partial charge in [-0.2, -0.15) is 0 Å². The molecular formula is C14H22N2O2. The molecule has 0 aromatic heterocycles. The third kappa shape index (κ3) is 4.04. The lowest BCUT2D eigenvalue weighted by Gasteiger charge is -2.14. The van der Waals surface area contributed by atoms with Gasteiger partial charge in [0.1, 0.15) is 18.4 Å². The number of carbonyl (C=O) groups is 1. The molecule has 0 saturated carbocycles. The van der Waals surface area contributed by atoms with Gasteiger partial charge in [-0.1, -0.05) is 26.0 Å². The van der Waals surface area contributed by atoms with Gasteiger partial charge in [-0.3, -0.25) is 4.79 Å². The number of hydrogen-bond donors (Lipinski definition) is 2. The average Bonchev–Trinajstić information content (AvgIpc) is 2.39. The molecule has 4 nitrogen and oxygen atoms in total. The molecule has 100 valence electrons. The van der Waals surface area contributed by atoms with Gasteiger partial charge in [0, 0.05) is 0 Å². The summed E-state index contributed by atoms with van der Waals surface area (Å²) in [6.45, 7) is 4.61. The van der Waals surface area contributed by atoms with Gasteiger partial charge < -0.3 is 15.8 Å². The van der Waals surface area contributed by atoms with E-state index in [2.05, 4.69) is 31.3 Å². The number of nitrogens with one attached hydrogen (secondary N) is 1. The third-order valence-corrected chi connectivity index (χ3v) is 3.17. The molecule has 1 aromatic rings. The van der Waals surface area contributed by atoms with Crippen LogP contribution in [0, 0.1) is 0 Å². The Kier molecular flexibility index (Phi) is 5.65. The smallest absolute Gasteiger partial charge is 0.238 e. The second-order valence-electron chi connectivity index (χ2n) is 4.43. The van der Waals surface area contributed by atoms with E-state index < -0.39 is 11.9 Å². The van der Waals surface area contributed by atoms with Gasteiger partial charge in [0.05, 0.1) is 0 Å². The van der Waals surface area contributed by atoms with Gasteiger partial charge in [0.15, 0.2) is 0 Å². The van der Waals surface area contributed by atoms with Crippen molar-refractivity contribution in [2.75, 3.05) is 13.7 Å². The second kappa shape index (κ2) is 7.01. The first kappa shape index (κ1) is 14.5. The van der Waals surface area contributed by atoms with E-state index in [1.807, 2.05) is 12.1 Å². The molecule has 1 aromatic carbocycles. The van der Waals surface area contributed by atoms with E-state index >= 15 is 0 Å². The monoisotopic (exact) mass is 250 g/mol. The van der Waals surface area contributed by atoms with E-state index in [0.717, 1.165) is 12.2 Å². The fourth-order valence-electron chi connectivity index (χ4n) is 1.62. The van der Waals surface area contributed by atoms with Gasteiger partial charge in [0.25, 0.3) is 0 Å². The summed E-state index contributed by atoms with van der Waals surface area (Å²) in [4.78, 5) is 11.0. The molecule has 0 saturated heterocycles. The SMILES string of the molecule is CCC(C)c1ccc(OCC(NC)C(N)=O)cc1. The molecule has 4 heteroatoms. The molecule has 0 spiro atoms. The van der Waals surface area contributed by atoms with E-state index in [0.29, 0.717) is 5.92 Å². The van der Waals surface area contributed by atoms with Crippen LogP contribution in [-0.2, 0) is 4.79 Å². The van der Waals surface area contributed by atoms with E-state index in [-0.39, 0.29) is 6.61 Å². The summed E-state index contributed by atoms with van der Waals surface area (Å²) in [6, 6.07) is 7.51. The van der Waals surface area contributed by atoms with Crippen molar-refractivity contribution in [1.82, 2.24) is 5.32 Å². The van der Waals surface area contributed by atoms with Crippen LogP contribution in [0.5, 0.6) is 5.75 Å². The first-order valence-corrected chi connectivity index (χ1v) is 6.27. The lowest BCUT2D eigenvalue weighted by molar-refractivity contribution is -0.120. The largest absolute Gasteiger partial charge is 0.491 e. The first-order chi connectivity index (χ1) is 8.58. The number of rotatable bonds is 7. The van der Waals surface area contributed by atoms with Crippen molar-refractivity contribution in [3.05, 3.63) is 29.8 Å². The van der Waals surface area contributed by atoms with Gasteiger partial charge in [0.2, 0.25) is 5.91 Å². The summed E-state index contributed by atoms with van der Waals surface area (Å²) in [7, 11) is 1.69. The summed E-state index contributed by atoms with van der Waals surface area (Å²) in [6.07, 6.45) is 1.11. The van der Waals surface area contributed by atoms with Crippen LogP contribution in [0.15, 0.2) is 24.3 Å². The van der Waals surface area contributed by atoms with Gasteiger partial charge >= 0.3 is 0 Å². The number of carbonyl (C=O) groups excluding carboxylic acids is 1. The van der Waals surface area contributed by atoms with Crippen molar-refractivity contribution >= 4 is 5.91 Å². The first-order valence-electron chi connectivity index (χ1n) is 6.27. The molecule has 0 fully saturated rings. The molecular weight excluding hydrogens is 228 g/mol. The van der Waals surface area contributed by atoms with Crippen molar-refractivity contribution < 1.29 is 9.53 Å². The molecule has 0 aliphatic rings. The molecule has 0 heterocycles. The highest BCUT2D eigenvalue weighted by Gasteiger charge is 2.13. The van der Waals surface area contributed by atoms with Crippen molar-refractivity contribution in [2.24, 2.45) is 5.73 Å². The lowest BCUT2D eigenvalue weighted by Crippen LogP contribution is -2.43. The summed E-state index contributed by atoms with van der Waals surface area (Å²) in [5.74, 6) is 0.895. The third-order valence-electron chi connectivity index (χ3n) is 3.17. The summed E-state index contributed by atoms with van der Waals surface area (Å²) in [5, 5.41) is 2.81. The lowest BCUT2D eigenvalue weighted by atomic mass is 9.99. The Balaban J connectivity index is 2.56. The predicted molar refractivity (Wildman–Crippen MR) is 72.7 cm³/mol. The molecule has 2 unspecified atom stereocenters. The number of likely N-dealkylation sites (N-methyl/N-ethyl adjacent to an activating group) is 1. The topological polar surface area (TPSA) is 64.3 Å². The van der Waals surface area contributed by atoms with Gasteiger partial charge in [-0.15, -0.1) is 0 Å². The second-order valence-corrected chi connectivity index (χ2v) is 4.43. The zero-order valence-electron chi connectivity index (χ0n) is 11.3. The highest BCUT2D eigenvalue weighted by atomic mass is 16.5. The van der Waals surface area contributed by atoms with Crippen LogP contribution < -0.4 is 15.8 Å². The van der Waals surface area contributed by atoms with E-state index in [9.17, 15) is 4.79 Å². The van der Waals surface area contributed by atoms with Crippen LogP contribution >= 0.6 is 0 Å². The summed E-state index contributed by atoms with van der Waals surface area (Å²) >= 11 is 0. The molecule has 0 aliphatic carbocycles. The summed E-state index contributed by atoms with van der Waals surface area (Å²) in [5.41, 5.74) is 6.51. The predicted octanol–water partition coefficient (Wildman–Crippen LogP) is 1.65. The number of benzene rings is 1. The van der Waals surface area contributed by atoms with E-state index in [4.69, 9.17) is 10.5 Å². The van der Waals surface area contributed by atoms with Crippen molar-refractivity contribution in [3.8, 4) is 5.75 Å². The number of hydrogen-bond acceptors (Lipinski definition) is 3. The van der Waals surface area contributed by atoms with Crippen LogP contribution in [0.3, 0.4) is 0 Å². The quantitative estimate of drug-likeness (QED) is 0.773. The Hall–Kier alpha value is -1.55. The van der Waals surface area contributed by atoms with E-state index in [1.165, 1.54) is 5.56 Å². The van der Waals surface area contributed by atoms with E-state index in [1.54, 1.807) is 7.05 Å². The number of primary amides is 1. The molecule has 1 rings (SSSR count). The Morgan fingerprint density at radius 3 is 2.44 bits per heavy atom. The highest BCUT2D eigenvalue weighted by molar-refractivity contribution is 5.79. The molecule has 1 amide bonds. The van der Waals surface area contributed by atoms with Crippen molar-refractivity contribution in [3.63, 3.8) is 0 Å². The van der Waals surface area contributed by atoms with Crippen molar-refractivity contribution in [1.29, 1.82) is 0 Å². The minimum atomic E-state index is -0.459. The van der Waals surface area contributed by atoms with Gasteiger partial charge in [-0.05, 0) is 37.1 Å². The van der Waals surface area contributed by atoms with Crippen LogP contribution in [0.1, 0.15) is 31.7 Å². The normalized spacial score (nSPS) is 13.9. The average molecular weight is 250 g/mol. The maximum Gasteiger partial charge on any atom is 0.238 e. The minimum absolute atomic E-state index is 0.245. The van der Waals surface area contributed by atoms with Crippen LogP contribution in [-0.4, -0.2) is 25.6 Å².